The number of nitriles is 1. The second kappa shape index (κ2) is 7.65. The first kappa shape index (κ1) is 16.1. The van der Waals surface area contributed by atoms with Gasteiger partial charge in [-0.1, -0.05) is 26.2 Å². The Morgan fingerprint density at radius 1 is 1.08 bits per heavy atom. The van der Waals surface area contributed by atoms with Gasteiger partial charge in [-0.3, -0.25) is 0 Å². The number of ether oxygens (including phenoxy) is 1. The van der Waals surface area contributed by atoms with Gasteiger partial charge in [-0.25, -0.2) is 4.98 Å². The molecule has 0 radical (unpaired) electrons. The molecule has 0 aliphatic carbocycles. The number of hydrogen-bond acceptors (Lipinski definition) is 4. The zero-order valence-corrected chi connectivity index (χ0v) is 13.8. The van der Waals surface area contributed by atoms with Crippen molar-refractivity contribution in [3.63, 3.8) is 0 Å². The SMILES string of the molecule is CCCCCCOc1ccc2nc(-c3ccc(C#N)cc3)oc2c1. The van der Waals surface area contributed by atoms with Gasteiger partial charge in [0.25, 0.3) is 0 Å². The van der Waals surface area contributed by atoms with E-state index in [-0.39, 0.29) is 0 Å². The normalized spacial score (nSPS) is 10.7. The maximum Gasteiger partial charge on any atom is 0.227 e. The maximum atomic E-state index is 8.86. The first-order valence-corrected chi connectivity index (χ1v) is 8.34. The third-order valence-electron chi connectivity index (χ3n) is 3.89. The van der Waals surface area contributed by atoms with Crippen molar-refractivity contribution in [1.82, 2.24) is 4.98 Å². The molecule has 0 aliphatic heterocycles. The first-order valence-electron chi connectivity index (χ1n) is 8.34. The van der Waals surface area contributed by atoms with Crippen LogP contribution < -0.4 is 4.74 Å². The van der Waals surface area contributed by atoms with Crippen LogP contribution in [0.15, 0.2) is 46.9 Å². The molecule has 3 rings (SSSR count). The third kappa shape index (κ3) is 3.75. The minimum Gasteiger partial charge on any atom is -0.493 e. The lowest BCUT2D eigenvalue weighted by Crippen LogP contribution is -1.96. The predicted molar refractivity (Wildman–Crippen MR) is 93.8 cm³/mol. The molecule has 4 heteroatoms. The van der Waals surface area contributed by atoms with E-state index in [1.54, 1.807) is 12.1 Å². The molecule has 0 saturated heterocycles. The van der Waals surface area contributed by atoms with Crippen LogP contribution in [0.1, 0.15) is 38.2 Å². The van der Waals surface area contributed by atoms with Gasteiger partial charge in [0.05, 0.1) is 18.2 Å². The zero-order chi connectivity index (χ0) is 16.8. The molecule has 1 heterocycles. The lowest BCUT2D eigenvalue weighted by atomic mass is 10.1. The number of oxazole rings is 1. The highest BCUT2D eigenvalue weighted by molar-refractivity contribution is 5.77. The number of unbranched alkanes of at least 4 members (excludes halogenated alkanes) is 3. The first-order chi connectivity index (χ1) is 11.8. The molecule has 4 nitrogen and oxygen atoms in total. The molecule has 0 saturated carbocycles. The summed E-state index contributed by atoms with van der Waals surface area (Å²) >= 11 is 0. The summed E-state index contributed by atoms with van der Waals surface area (Å²) < 4.78 is 11.6. The average Bonchev–Trinajstić information content (AvgIpc) is 3.05. The Kier molecular flexibility index (Phi) is 5.12. The van der Waals surface area contributed by atoms with Gasteiger partial charge < -0.3 is 9.15 Å². The summed E-state index contributed by atoms with van der Waals surface area (Å²) in [5, 5.41) is 8.86. The van der Waals surface area contributed by atoms with Crippen LogP contribution in [0.25, 0.3) is 22.6 Å². The second-order valence-corrected chi connectivity index (χ2v) is 5.75. The molecule has 3 aromatic rings. The van der Waals surface area contributed by atoms with E-state index in [2.05, 4.69) is 18.0 Å². The van der Waals surface area contributed by atoms with E-state index >= 15 is 0 Å². The van der Waals surface area contributed by atoms with E-state index in [1.165, 1.54) is 19.3 Å². The summed E-state index contributed by atoms with van der Waals surface area (Å²) in [7, 11) is 0. The molecule has 0 amide bonds. The zero-order valence-electron chi connectivity index (χ0n) is 13.8. The number of aromatic nitrogens is 1. The van der Waals surface area contributed by atoms with Crippen LogP contribution in [-0.2, 0) is 0 Å². The summed E-state index contributed by atoms with van der Waals surface area (Å²) in [6.45, 7) is 2.92. The van der Waals surface area contributed by atoms with Gasteiger partial charge in [0.1, 0.15) is 11.3 Å². The van der Waals surface area contributed by atoms with E-state index in [1.807, 2.05) is 30.3 Å². The van der Waals surface area contributed by atoms with Crippen molar-refractivity contribution < 1.29 is 9.15 Å². The van der Waals surface area contributed by atoms with E-state index in [0.29, 0.717) is 17.0 Å². The van der Waals surface area contributed by atoms with Crippen LogP contribution in [0.5, 0.6) is 5.75 Å². The van der Waals surface area contributed by atoms with Crippen molar-refractivity contribution in [3.8, 4) is 23.3 Å². The lowest BCUT2D eigenvalue weighted by Gasteiger charge is -2.05. The molecule has 122 valence electrons. The Morgan fingerprint density at radius 3 is 2.67 bits per heavy atom. The highest BCUT2D eigenvalue weighted by atomic mass is 16.5. The molecule has 24 heavy (non-hydrogen) atoms. The van der Waals surface area contributed by atoms with Gasteiger partial charge in [0.15, 0.2) is 5.58 Å². The monoisotopic (exact) mass is 320 g/mol. The number of benzene rings is 2. The largest absolute Gasteiger partial charge is 0.493 e. The van der Waals surface area contributed by atoms with E-state index in [9.17, 15) is 0 Å². The van der Waals surface area contributed by atoms with Crippen LogP contribution in [-0.4, -0.2) is 11.6 Å². The van der Waals surface area contributed by atoms with Gasteiger partial charge in [-0.15, -0.1) is 0 Å². The summed E-state index contributed by atoms with van der Waals surface area (Å²) in [5.74, 6) is 1.36. The van der Waals surface area contributed by atoms with Crippen molar-refractivity contribution in [3.05, 3.63) is 48.0 Å². The molecule has 0 N–H and O–H groups in total. The molecule has 2 aromatic carbocycles. The smallest absolute Gasteiger partial charge is 0.227 e. The minimum atomic E-state index is 0.551. The topological polar surface area (TPSA) is 59.0 Å². The number of rotatable bonds is 7. The Labute approximate surface area is 141 Å². The van der Waals surface area contributed by atoms with Gasteiger partial charge in [-0.05, 0) is 42.8 Å². The summed E-state index contributed by atoms with van der Waals surface area (Å²) in [4.78, 5) is 4.50. The van der Waals surface area contributed by atoms with Crippen LogP contribution in [0.3, 0.4) is 0 Å². The fraction of sp³-hybridized carbons (Fsp3) is 0.300. The van der Waals surface area contributed by atoms with Crippen molar-refractivity contribution in [1.29, 1.82) is 5.26 Å². The van der Waals surface area contributed by atoms with Crippen LogP contribution in [0.2, 0.25) is 0 Å². The summed E-state index contributed by atoms with van der Waals surface area (Å²) in [6.07, 6.45) is 4.74. The highest BCUT2D eigenvalue weighted by Crippen LogP contribution is 2.27. The van der Waals surface area contributed by atoms with Crippen LogP contribution >= 0.6 is 0 Å². The highest BCUT2D eigenvalue weighted by Gasteiger charge is 2.09. The van der Waals surface area contributed by atoms with Crippen LogP contribution in [0, 0.1) is 11.3 Å². The van der Waals surface area contributed by atoms with Crippen LogP contribution in [0.4, 0.5) is 0 Å². The third-order valence-corrected chi connectivity index (χ3v) is 3.89. The Balaban J connectivity index is 1.72. The Hall–Kier alpha value is -2.80. The molecule has 0 aliphatic rings. The summed E-state index contributed by atoms with van der Waals surface area (Å²) in [5.41, 5.74) is 2.98. The van der Waals surface area contributed by atoms with E-state index in [0.717, 1.165) is 29.9 Å². The fourth-order valence-corrected chi connectivity index (χ4v) is 2.52. The van der Waals surface area contributed by atoms with Gasteiger partial charge in [-0.2, -0.15) is 5.26 Å². The Morgan fingerprint density at radius 2 is 1.92 bits per heavy atom. The quantitative estimate of drug-likeness (QED) is 0.552. The van der Waals surface area contributed by atoms with Gasteiger partial charge in [0.2, 0.25) is 5.89 Å². The molecule has 0 spiro atoms. The van der Waals surface area contributed by atoms with E-state index in [4.69, 9.17) is 14.4 Å². The molecular weight excluding hydrogens is 300 g/mol. The maximum absolute atomic E-state index is 8.86. The lowest BCUT2D eigenvalue weighted by molar-refractivity contribution is 0.305. The van der Waals surface area contributed by atoms with Gasteiger partial charge >= 0.3 is 0 Å². The average molecular weight is 320 g/mol. The second-order valence-electron chi connectivity index (χ2n) is 5.75. The number of fused-ring (bicyclic) bond motifs is 1. The predicted octanol–water partition coefficient (Wildman–Crippen LogP) is 5.33. The number of hydrogen-bond donors (Lipinski definition) is 0. The van der Waals surface area contributed by atoms with Crippen molar-refractivity contribution >= 4 is 11.1 Å². The summed E-state index contributed by atoms with van der Waals surface area (Å²) in [6, 6.07) is 15.0. The van der Waals surface area contributed by atoms with Crippen molar-refractivity contribution in [2.24, 2.45) is 0 Å². The fourth-order valence-electron chi connectivity index (χ4n) is 2.52. The van der Waals surface area contributed by atoms with Crippen molar-refractivity contribution in [2.75, 3.05) is 6.61 Å². The standard InChI is InChI=1S/C20H20N2O2/c1-2-3-4-5-12-23-17-10-11-18-19(13-17)24-20(22-18)16-8-6-15(14-21)7-9-16/h6-11,13H,2-5,12H2,1H3. The van der Waals surface area contributed by atoms with E-state index < -0.39 is 0 Å². The number of nitrogens with zero attached hydrogens (tertiary/aromatic N) is 2. The van der Waals surface area contributed by atoms with Crippen molar-refractivity contribution in [2.45, 2.75) is 32.6 Å². The van der Waals surface area contributed by atoms with Gasteiger partial charge in [0, 0.05) is 11.6 Å². The molecule has 0 unspecified atom stereocenters. The molecule has 0 atom stereocenters. The molecule has 0 bridgehead atoms. The Bertz CT molecular complexity index is 844. The molecule has 0 fully saturated rings. The minimum absolute atomic E-state index is 0.551. The molecular formula is C20H20N2O2. The molecule has 1 aromatic heterocycles.